The van der Waals surface area contributed by atoms with Crippen LogP contribution in [0.25, 0.3) is 77.5 Å². The molecule has 0 aromatic heterocycles. The molecular formula is C58H41N. The first-order valence-electron chi connectivity index (χ1n) is 21.9. The molecule has 0 fully saturated rings. The van der Waals surface area contributed by atoms with E-state index in [2.05, 4.69) is 109 Å². The second-order valence-electron chi connectivity index (χ2n) is 14.6. The van der Waals surface area contributed by atoms with E-state index in [0.717, 1.165) is 72.1 Å². The van der Waals surface area contributed by atoms with Crippen molar-refractivity contribution in [3.05, 3.63) is 249 Å². The van der Waals surface area contributed by atoms with Crippen molar-refractivity contribution in [3.63, 3.8) is 0 Å². The van der Waals surface area contributed by atoms with E-state index in [1.54, 1.807) is 0 Å². The molecule has 0 N–H and O–H groups in total. The number of fused-ring (bicyclic) bond motifs is 1. The molecule has 0 amide bonds. The Balaban J connectivity index is 1.10. The van der Waals surface area contributed by atoms with Gasteiger partial charge in [-0.1, -0.05) is 212 Å². The summed E-state index contributed by atoms with van der Waals surface area (Å²) in [5, 5.41) is 2.22. The molecule has 0 spiro atoms. The van der Waals surface area contributed by atoms with Gasteiger partial charge in [-0.25, -0.2) is 0 Å². The highest BCUT2D eigenvalue weighted by Crippen LogP contribution is 2.42. The molecule has 0 saturated carbocycles. The van der Waals surface area contributed by atoms with E-state index in [-0.39, 0.29) is 35.4 Å². The van der Waals surface area contributed by atoms with Gasteiger partial charge >= 0.3 is 0 Å². The number of anilines is 3. The first-order chi connectivity index (χ1) is 30.9. The third-order valence-electron chi connectivity index (χ3n) is 11.0. The maximum Gasteiger partial charge on any atom is 0.0645 e. The second-order valence-corrected chi connectivity index (χ2v) is 14.6. The highest BCUT2D eigenvalue weighted by Gasteiger charge is 2.18. The Morgan fingerprint density at radius 3 is 1.36 bits per heavy atom. The minimum Gasteiger partial charge on any atom is -0.310 e. The second kappa shape index (κ2) is 16.0. The minimum atomic E-state index is -0.128. The summed E-state index contributed by atoms with van der Waals surface area (Å²) in [4.78, 5) is 1.89. The van der Waals surface area contributed by atoms with Crippen LogP contribution in [0.5, 0.6) is 0 Å². The summed E-state index contributed by atoms with van der Waals surface area (Å²) >= 11 is 0. The Hall–Kier alpha value is -7.74. The number of rotatable bonds is 9. The van der Waals surface area contributed by atoms with Gasteiger partial charge in [0.2, 0.25) is 0 Å². The largest absolute Gasteiger partial charge is 0.310 e. The van der Waals surface area contributed by atoms with Gasteiger partial charge in [0.15, 0.2) is 0 Å². The molecule has 1 nitrogen and oxygen atoms in total. The molecule has 0 saturated heterocycles. The van der Waals surface area contributed by atoms with Crippen molar-refractivity contribution in [2.75, 3.05) is 4.90 Å². The van der Waals surface area contributed by atoms with Crippen molar-refractivity contribution in [1.82, 2.24) is 0 Å². The van der Waals surface area contributed by atoms with Crippen LogP contribution in [0, 0.1) is 0 Å². The van der Waals surface area contributed by atoms with Gasteiger partial charge in [-0.15, -0.1) is 0 Å². The van der Waals surface area contributed by atoms with Crippen LogP contribution in [0.4, 0.5) is 17.1 Å². The highest BCUT2D eigenvalue weighted by molar-refractivity contribution is 5.97. The molecule has 10 aromatic rings. The van der Waals surface area contributed by atoms with E-state index in [9.17, 15) is 5.48 Å². The van der Waals surface area contributed by atoms with Gasteiger partial charge < -0.3 is 4.90 Å². The number of para-hydroxylation sites is 1. The molecule has 1 heteroatoms. The quantitative estimate of drug-likeness (QED) is 0.142. The fourth-order valence-electron chi connectivity index (χ4n) is 7.94. The molecule has 59 heavy (non-hydrogen) atoms. The maximum atomic E-state index is 9.71. The van der Waals surface area contributed by atoms with Gasteiger partial charge in [-0.2, -0.15) is 0 Å². The van der Waals surface area contributed by atoms with Crippen molar-refractivity contribution in [1.29, 1.82) is 0 Å². The lowest BCUT2D eigenvalue weighted by Crippen LogP contribution is -2.11. The summed E-state index contributed by atoms with van der Waals surface area (Å²) in [5.41, 5.74) is 12.9. The van der Waals surface area contributed by atoms with Crippen LogP contribution in [0.15, 0.2) is 249 Å². The maximum absolute atomic E-state index is 9.71. The van der Waals surface area contributed by atoms with Crippen molar-refractivity contribution in [3.8, 4) is 66.8 Å². The Labute approximate surface area is 352 Å². The Morgan fingerprint density at radius 1 is 0.271 bits per heavy atom. The molecule has 10 rings (SSSR count). The van der Waals surface area contributed by atoms with Crippen molar-refractivity contribution >= 4 is 27.8 Å². The summed E-state index contributed by atoms with van der Waals surface area (Å²) in [6.45, 7) is 0. The fourth-order valence-corrected chi connectivity index (χ4v) is 7.94. The van der Waals surface area contributed by atoms with Gasteiger partial charge in [0, 0.05) is 16.9 Å². The van der Waals surface area contributed by atoms with Crippen LogP contribution in [-0.4, -0.2) is 0 Å². The first kappa shape index (κ1) is 31.4. The number of hydrogen-bond donors (Lipinski definition) is 0. The molecule has 0 radical (unpaired) electrons. The van der Waals surface area contributed by atoms with Crippen LogP contribution in [0.1, 0.15) is 5.48 Å². The van der Waals surface area contributed by atoms with E-state index in [1.807, 2.05) is 120 Å². The zero-order valence-electron chi connectivity index (χ0n) is 36.3. The number of nitrogens with zero attached hydrogens (tertiary/aromatic N) is 1. The summed E-state index contributed by atoms with van der Waals surface area (Å²) in [5.74, 6) is 0. The van der Waals surface area contributed by atoms with Gasteiger partial charge in [0.05, 0.1) is 11.2 Å². The Bertz CT molecular complexity index is 3200. The van der Waals surface area contributed by atoms with Crippen molar-refractivity contribution < 1.29 is 5.48 Å². The van der Waals surface area contributed by atoms with Gasteiger partial charge in [0.25, 0.3) is 0 Å². The van der Waals surface area contributed by atoms with Crippen LogP contribution >= 0.6 is 0 Å². The molecule has 0 heterocycles. The zero-order valence-corrected chi connectivity index (χ0v) is 32.3. The van der Waals surface area contributed by atoms with E-state index in [0.29, 0.717) is 11.3 Å². The Morgan fingerprint density at radius 2 is 0.712 bits per heavy atom. The molecule has 278 valence electrons. The van der Waals surface area contributed by atoms with Crippen LogP contribution in [-0.2, 0) is 0 Å². The predicted molar refractivity (Wildman–Crippen MR) is 251 cm³/mol. The molecule has 0 aliphatic heterocycles. The smallest absolute Gasteiger partial charge is 0.0645 e. The summed E-state index contributed by atoms with van der Waals surface area (Å²) < 4.78 is 38.6. The highest BCUT2D eigenvalue weighted by atomic mass is 15.1. The standard InChI is InChI=1S/C58H41N/c1-3-13-42(14-4-1)44-25-27-46(28-26-44)47-33-37-53(38-34-47)59(58-24-10-9-22-57(58)50-31-29-45(30-32-50)43-15-5-2-6-16-43)54-39-35-48(36-40-54)51-19-11-20-52(41-51)56-23-12-18-49-17-7-8-21-55(49)56/h1-41H/i35D,36D,39D,40D. The van der Waals surface area contributed by atoms with E-state index in [4.69, 9.17) is 0 Å². The summed E-state index contributed by atoms with van der Waals surface area (Å²) in [6.07, 6.45) is 0. The van der Waals surface area contributed by atoms with Crippen molar-refractivity contribution in [2.24, 2.45) is 0 Å². The van der Waals surface area contributed by atoms with E-state index in [1.165, 1.54) is 0 Å². The molecule has 0 aliphatic rings. The number of benzene rings is 10. The first-order valence-corrected chi connectivity index (χ1v) is 19.9. The predicted octanol–water partition coefficient (Wildman–Crippen LogP) is 16.3. The molecule has 10 aromatic carbocycles. The SMILES string of the molecule is [2H]c1c([2H])c(N(c2ccc(-c3ccc(-c4ccccc4)cc3)cc2)c2ccccc2-c2ccc(-c3ccccc3)cc2)c([2H])c([2H])c1-c1cccc(-c2cccc3ccccc23)c1. The van der Waals surface area contributed by atoms with Gasteiger partial charge in [0.1, 0.15) is 0 Å². The lowest BCUT2D eigenvalue weighted by molar-refractivity contribution is 1.28. The molecule has 0 bridgehead atoms. The topological polar surface area (TPSA) is 3.24 Å². The lowest BCUT2D eigenvalue weighted by atomic mass is 9.95. The number of hydrogen-bond acceptors (Lipinski definition) is 1. The normalized spacial score (nSPS) is 12.0. The van der Waals surface area contributed by atoms with Crippen LogP contribution in [0.3, 0.4) is 0 Å². The summed E-state index contributed by atoms with van der Waals surface area (Å²) in [6, 6.07) is 75.4. The Kier molecular flexibility index (Phi) is 8.51. The average molecular weight is 756 g/mol. The van der Waals surface area contributed by atoms with Crippen molar-refractivity contribution in [2.45, 2.75) is 0 Å². The molecular weight excluding hydrogens is 711 g/mol. The average Bonchev–Trinajstić information content (AvgIpc) is 3.35. The van der Waals surface area contributed by atoms with Crippen LogP contribution in [0.2, 0.25) is 0 Å². The lowest BCUT2D eigenvalue weighted by Gasteiger charge is -2.28. The molecule has 0 atom stereocenters. The minimum absolute atomic E-state index is 0.106. The molecule has 0 aliphatic carbocycles. The van der Waals surface area contributed by atoms with E-state index >= 15 is 0 Å². The third-order valence-corrected chi connectivity index (χ3v) is 11.0. The summed E-state index contributed by atoms with van der Waals surface area (Å²) in [7, 11) is 0. The fraction of sp³-hybridized carbons (Fsp3) is 0. The van der Waals surface area contributed by atoms with E-state index < -0.39 is 0 Å². The molecule has 0 unspecified atom stereocenters. The zero-order chi connectivity index (χ0) is 42.9. The van der Waals surface area contributed by atoms with Gasteiger partial charge in [-0.3, -0.25) is 0 Å². The monoisotopic (exact) mass is 755 g/mol. The van der Waals surface area contributed by atoms with Gasteiger partial charge in [-0.05, 0) is 108 Å². The third kappa shape index (κ3) is 7.34. The van der Waals surface area contributed by atoms with Crippen LogP contribution < -0.4 is 4.90 Å².